The lowest BCUT2D eigenvalue weighted by Crippen LogP contribution is -2.33. The Morgan fingerprint density at radius 2 is 2.04 bits per heavy atom. The number of benzene rings is 1. The Bertz CT molecular complexity index is 740. The molecule has 0 atom stereocenters. The number of nitrogens with zero attached hydrogens (tertiary/aromatic N) is 1. The number of fused-ring (bicyclic) bond motifs is 1. The average molecular weight is 332 g/mol. The van der Waals surface area contributed by atoms with Crippen molar-refractivity contribution in [3.05, 3.63) is 57.0 Å². The summed E-state index contributed by atoms with van der Waals surface area (Å²) in [6, 6.07) is 7.93. The fourth-order valence-corrected chi connectivity index (χ4v) is 3.66. The summed E-state index contributed by atoms with van der Waals surface area (Å²) in [5, 5.41) is 2.85. The van der Waals surface area contributed by atoms with Crippen molar-refractivity contribution in [2.75, 3.05) is 6.54 Å². The van der Waals surface area contributed by atoms with Crippen LogP contribution in [0.2, 0.25) is 0 Å². The van der Waals surface area contributed by atoms with Gasteiger partial charge in [-0.2, -0.15) is 0 Å². The molecule has 0 fully saturated rings. The van der Waals surface area contributed by atoms with Crippen LogP contribution in [-0.4, -0.2) is 23.3 Å². The summed E-state index contributed by atoms with van der Waals surface area (Å²) in [4.78, 5) is 27.3. The third-order valence-corrected chi connectivity index (χ3v) is 5.14. The molecule has 0 unspecified atom stereocenters. The van der Waals surface area contributed by atoms with Crippen molar-refractivity contribution < 1.29 is 14.0 Å². The Hall–Kier alpha value is -2.21. The molecule has 1 aliphatic rings. The molecule has 0 saturated heterocycles. The van der Waals surface area contributed by atoms with E-state index in [4.69, 9.17) is 0 Å². The summed E-state index contributed by atoms with van der Waals surface area (Å²) in [6.07, 6.45) is 0.796. The fourth-order valence-electron chi connectivity index (χ4n) is 2.59. The molecule has 23 heavy (non-hydrogen) atoms. The minimum Gasteiger partial charge on any atom is -0.347 e. The lowest BCUT2D eigenvalue weighted by molar-refractivity contribution is -0.129. The van der Waals surface area contributed by atoms with Crippen LogP contribution in [0.5, 0.6) is 0 Å². The van der Waals surface area contributed by atoms with E-state index in [1.54, 1.807) is 24.0 Å². The van der Waals surface area contributed by atoms with Crippen molar-refractivity contribution in [3.8, 4) is 0 Å². The minimum absolute atomic E-state index is 0.0594. The molecule has 0 radical (unpaired) electrons. The van der Waals surface area contributed by atoms with Crippen molar-refractivity contribution in [1.29, 1.82) is 0 Å². The van der Waals surface area contributed by atoms with Gasteiger partial charge in [0.15, 0.2) is 0 Å². The Labute approximate surface area is 137 Å². The number of hydrogen-bond acceptors (Lipinski definition) is 3. The van der Waals surface area contributed by atoms with E-state index in [1.165, 1.54) is 28.3 Å². The minimum atomic E-state index is -0.291. The van der Waals surface area contributed by atoms with E-state index < -0.39 is 0 Å². The summed E-state index contributed by atoms with van der Waals surface area (Å²) in [5.41, 5.74) is 1.91. The summed E-state index contributed by atoms with van der Waals surface area (Å²) in [5.74, 6) is -0.367. The Kier molecular flexibility index (Phi) is 4.43. The number of halogens is 1. The average Bonchev–Trinajstić information content (AvgIpc) is 2.97. The molecule has 2 heterocycles. The largest absolute Gasteiger partial charge is 0.347 e. The standard InChI is InChI=1S/C17H17FN2O2S/c1-11(21)20-7-6-15-13(10-20)8-16(23-15)17(22)19-9-12-2-4-14(18)5-3-12/h2-5,8H,6-7,9-10H2,1H3,(H,19,22). The van der Waals surface area contributed by atoms with E-state index in [-0.39, 0.29) is 17.6 Å². The SMILES string of the molecule is CC(=O)N1CCc2sc(C(=O)NCc3ccc(F)cc3)cc2C1. The van der Waals surface area contributed by atoms with Gasteiger partial charge in [-0.25, -0.2) is 4.39 Å². The van der Waals surface area contributed by atoms with Gasteiger partial charge in [0.25, 0.3) is 5.91 Å². The molecule has 2 aromatic rings. The smallest absolute Gasteiger partial charge is 0.261 e. The number of thiophene rings is 1. The number of carbonyl (C=O) groups is 2. The van der Waals surface area contributed by atoms with E-state index in [9.17, 15) is 14.0 Å². The van der Waals surface area contributed by atoms with E-state index >= 15 is 0 Å². The van der Waals surface area contributed by atoms with Crippen molar-refractivity contribution in [2.45, 2.75) is 26.4 Å². The Morgan fingerprint density at radius 1 is 1.30 bits per heavy atom. The first-order chi connectivity index (χ1) is 11.0. The van der Waals surface area contributed by atoms with Gasteiger partial charge in [-0.3, -0.25) is 9.59 Å². The molecule has 0 aliphatic carbocycles. The van der Waals surface area contributed by atoms with Gasteiger partial charge < -0.3 is 10.2 Å². The first-order valence-electron chi connectivity index (χ1n) is 7.42. The van der Waals surface area contributed by atoms with Crippen LogP contribution in [0, 0.1) is 5.82 Å². The molecule has 1 aromatic carbocycles. The molecular weight excluding hydrogens is 315 g/mol. The highest BCUT2D eigenvalue weighted by molar-refractivity contribution is 7.14. The third kappa shape index (κ3) is 3.59. The number of rotatable bonds is 3. The molecule has 0 spiro atoms. The Morgan fingerprint density at radius 3 is 2.74 bits per heavy atom. The topological polar surface area (TPSA) is 49.4 Å². The summed E-state index contributed by atoms with van der Waals surface area (Å²) >= 11 is 1.48. The van der Waals surface area contributed by atoms with Crippen LogP contribution in [0.1, 0.15) is 32.6 Å². The van der Waals surface area contributed by atoms with Crippen molar-refractivity contribution in [2.24, 2.45) is 0 Å². The van der Waals surface area contributed by atoms with Crippen LogP contribution in [0.4, 0.5) is 4.39 Å². The summed E-state index contributed by atoms with van der Waals surface area (Å²) in [6.45, 7) is 3.21. The zero-order valence-corrected chi connectivity index (χ0v) is 13.6. The van der Waals surface area contributed by atoms with Crippen molar-refractivity contribution in [3.63, 3.8) is 0 Å². The molecule has 6 heteroatoms. The fraction of sp³-hybridized carbons (Fsp3) is 0.294. The van der Waals surface area contributed by atoms with E-state index in [1.807, 2.05) is 6.07 Å². The highest BCUT2D eigenvalue weighted by Gasteiger charge is 2.22. The quantitative estimate of drug-likeness (QED) is 0.939. The number of hydrogen-bond donors (Lipinski definition) is 1. The third-order valence-electron chi connectivity index (χ3n) is 3.90. The van der Waals surface area contributed by atoms with Gasteiger partial charge in [0.2, 0.25) is 5.91 Å². The molecule has 4 nitrogen and oxygen atoms in total. The Balaban J connectivity index is 1.64. The zero-order chi connectivity index (χ0) is 16.4. The molecule has 120 valence electrons. The predicted molar refractivity (Wildman–Crippen MR) is 86.7 cm³/mol. The maximum absolute atomic E-state index is 12.9. The monoisotopic (exact) mass is 332 g/mol. The van der Waals surface area contributed by atoms with Gasteiger partial charge in [-0.1, -0.05) is 12.1 Å². The lowest BCUT2D eigenvalue weighted by atomic mass is 10.1. The second-order valence-electron chi connectivity index (χ2n) is 5.56. The molecule has 1 aliphatic heterocycles. The van der Waals surface area contributed by atoms with E-state index in [0.29, 0.717) is 24.5 Å². The number of nitrogens with one attached hydrogen (secondary N) is 1. The second kappa shape index (κ2) is 6.50. The van der Waals surface area contributed by atoms with Crippen LogP contribution in [0.25, 0.3) is 0 Å². The van der Waals surface area contributed by atoms with E-state index in [2.05, 4.69) is 5.32 Å². The van der Waals surface area contributed by atoms with Gasteiger partial charge in [0.05, 0.1) is 4.88 Å². The molecular formula is C17H17FN2O2S. The first kappa shape index (κ1) is 15.7. The normalized spacial score (nSPS) is 13.6. The van der Waals surface area contributed by atoms with E-state index in [0.717, 1.165) is 17.5 Å². The summed E-state index contributed by atoms with van der Waals surface area (Å²) in [7, 11) is 0. The molecule has 2 amide bonds. The number of amides is 2. The first-order valence-corrected chi connectivity index (χ1v) is 8.24. The maximum Gasteiger partial charge on any atom is 0.261 e. The van der Waals surface area contributed by atoms with Crippen LogP contribution in [0.15, 0.2) is 30.3 Å². The van der Waals surface area contributed by atoms with Crippen molar-refractivity contribution in [1.82, 2.24) is 10.2 Å². The molecule has 3 rings (SSSR count). The number of carbonyl (C=O) groups excluding carboxylic acids is 2. The lowest BCUT2D eigenvalue weighted by Gasteiger charge is -2.25. The second-order valence-corrected chi connectivity index (χ2v) is 6.70. The predicted octanol–water partition coefficient (Wildman–Crippen LogP) is 2.72. The molecule has 0 saturated carbocycles. The van der Waals surface area contributed by atoms with Gasteiger partial charge in [0.1, 0.15) is 5.82 Å². The van der Waals surface area contributed by atoms with Gasteiger partial charge in [-0.05, 0) is 35.7 Å². The van der Waals surface area contributed by atoms with Gasteiger partial charge in [0, 0.05) is 31.4 Å². The van der Waals surface area contributed by atoms with Gasteiger partial charge >= 0.3 is 0 Å². The van der Waals surface area contributed by atoms with Crippen LogP contribution in [0.3, 0.4) is 0 Å². The molecule has 1 N–H and O–H groups in total. The highest BCUT2D eigenvalue weighted by atomic mass is 32.1. The zero-order valence-electron chi connectivity index (χ0n) is 12.8. The van der Waals surface area contributed by atoms with Crippen LogP contribution < -0.4 is 5.32 Å². The van der Waals surface area contributed by atoms with Gasteiger partial charge in [-0.15, -0.1) is 11.3 Å². The van der Waals surface area contributed by atoms with Crippen LogP contribution >= 0.6 is 11.3 Å². The highest BCUT2D eigenvalue weighted by Crippen LogP contribution is 2.28. The molecule has 1 aromatic heterocycles. The summed E-state index contributed by atoms with van der Waals surface area (Å²) < 4.78 is 12.9. The molecule has 0 bridgehead atoms. The van der Waals surface area contributed by atoms with Crippen LogP contribution in [-0.2, 0) is 24.3 Å². The van der Waals surface area contributed by atoms with Crippen molar-refractivity contribution >= 4 is 23.2 Å². The maximum atomic E-state index is 12.9.